The number of rotatable bonds is 3. The summed E-state index contributed by atoms with van der Waals surface area (Å²) >= 11 is 3.53. The highest BCUT2D eigenvalue weighted by Gasteiger charge is 2.13. The molecule has 0 saturated heterocycles. The summed E-state index contributed by atoms with van der Waals surface area (Å²) in [6, 6.07) is 16.7. The van der Waals surface area contributed by atoms with E-state index >= 15 is 0 Å². The van der Waals surface area contributed by atoms with E-state index in [0.29, 0.717) is 11.1 Å². The first-order chi connectivity index (χ1) is 12.4. The van der Waals surface area contributed by atoms with Gasteiger partial charge in [0.15, 0.2) is 0 Å². The number of benzene rings is 2. The van der Waals surface area contributed by atoms with Crippen molar-refractivity contribution in [3.8, 4) is 11.8 Å². The number of aryl methyl sites for hydroxylation is 2. The topological polar surface area (TPSA) is 28.7 Å². The molecule has 2 nitrogen and oxygen atoms in total. The predicted molar refractivity (Wildman–Crippen MR) is 108 cm³/mol. The van der Waals surface area contributed by atoms with Gasteiger partial charge in [0.1, 0.15) is 5.82 Å². The van der Waals surface area contributed by atoms with Crippen LogP contribution in [0.3, 0.4) is 0 Å². The van der Waals surface area contributed by atoms with Crippen LogP contribution in [-0.2, 0) is 0 Å². The van der Waals surface area contributed by atoms with E-state index in [2.05, 4.69) is 39.6 Å². The highest BCUT2D eigenvalue weighted by molar-refractivity contribution is 9.10. The smallest absolute Gasteiger partial charge is 0.131 e. The largest absolute Gasteiger partial charge is 0.318 e. The van der Waals surface area contributed by atoms with Crippen molar-refractivity contribution in [2.75, 3.05) is 0 Å². The Hall–Kier alpha value is -2.64. The normalized spacial score (nSPS) is 11.5. The van der Waals surface area contributed by atoms with Gasteiger partial charge in [0.25, 0.3) is 0 Å². The van der Waals surface area contributed by atoms with Crippen molar-refractivity contribution in [3.63, 3.8) is 0 Å². The third kappa shape index (κ3) is 3.36. The monoisotopic (exact) mass is 408 g/mol. The average Bonchev–Trinajstić information content (AvgIpc) is 2.89. The minimum Gasteiger partial charge on any atom is -0.318 e. The Morgan fingerprint density at radius 1 is 1.12 bits per heavy atom. The van der Waals surface area contributed by atoms with E-state index in [1.165, 1.54) is 6.07 Å². The zero-order valence-electron chi connectivity index (χ0n) is 14.8. The standard InChI is InChI=1S/C22H18BrFN2/c1-14-10-19(8-9-21(14)23)26-15(2)11-17(16(26)3)12-18(13-25)20-6-4-5-7-22(20)24/h4-12H,1-3H3/b18-12-. The number of nitriles is 1. The summed E-state index contributed by atoms with van der Waals surface area (Å²) in [7, 11) is 0. The van der Waals surface area contributed by atoms with Crippen molar-refractivity contribution in [1.82, 2.24) is 4.57 Å². The molecule has 0 amide bonds. The number of halogens is 2. The van der Waals surface area contributed by atoms with Crippen LogP contribution in [0.5, 0.6) is 0 Å². The lowest BCUT2D eigenvalue weighted by molar-refractivity contribution is 0.624. The molecule has 0 radical (unpaired) electrons. The number of nitrogens with zero attached hydrogens (tertiary/aromatic N) is 2. The first kappa shape index (κ1) is 18.2. The lowest BCUT2D eigenvalue weighted by Gasteiger charge is -2.11. The minimum atomic E-state index is -0.391. The molecular formula is C22H18BrFN2. The quantitative estimate of drug-likeness (QED) is 0.462. The van der Waals surface area contributed by atoms with Crippen molar-refractivity contribution < 1.29 is 4.39 Å². The molecule has 26 heavy (non-hydrogen) atoms. The molecule has 1 heterocycles. The lowest BCUT2D eigenvalue weighted by Crippen LogP contribution is -1.99. The molecule has 0 bridgehead atoms. The number of hydrogen-bond acceptors (Lipinski definition) is 1. The number of aromatic nitrogens is 1. The van der Waals surface area contributed by atoms with Crippen LogP contribution in [-0.4, -0.2) is 4.57 Å². The van der Waals surface area contributed by atoms with Gasteiger partial charge in [0.05, 0.1) is 11.6 Å². The second kappa shape index (κ2) is 7.31. The maximum atomic E-state index is 14.1. The maximum absolute atomic E-state index is 14.1. The highest BCUT2D eigenvalue weighted by atomic mass is 79.9. The molecule has 130 valence electrons. The molecule has 0 aliphatic carbocycles. The highest BCUT2D eigenvalue weighted by Crippen LogP contribution is 2.28. The first-order valence-corrected chi connectivity index (χ1v) is 9.04. The zero-order chi connectivity index (χ0) is 18.8. The molecule has 0 aliphatic heterocycles. The van der Waals surface area contributed by atoms with Crippen LogP contribution >= 0.6 is 15.9 Å². The Morgan fingerprint density at radius 3 is 2.50 bits per heavy atom. The summed E-state index contributed by atoms with van der Waals surface area (Å²) in [5, 5.41) is 9.52. The molecule has 0 fully saturated rings. The predicted octanol–water partition coefficient (Wildman–Crippen LogP) is 6.37. The summed E-state index contributed by atoms with van der Waals surface area (Å²) in [6.07, 6.45) is 1.75. The Bertz CT molecular complexity index is 1050. The van der Waals surface area contributed by atoms with Crippen LogP contribution in [0.4, 0.5) is 4.39 Å². The Kier molecular flexibility index (Phi) is 5.11. The Labute approximate surface area is 161 Å². The summed E-state index contributed by atoms with van der Waals surface area (Å²) in [5.74, 6) is -0.391. The Balaban J connectivity index is 2.12. The van der Waals surface area contributed by atoms with E-state index in [1.807, 2.05) is 32.0 Å². The van der Waals surface area contributed by atoms with Crippen LogP contribution in [0.15, 0.2) is 53.0 Å². The fourth-order valence-corrected chi connectivity index (χ4v) is 3.35. The van der Waals surface area contributed by atoms with Crippen molar-refractivity contribution in [2.45, 2.75) is 20.8 Å². The molecule has 3 rings (SSSR count). The molecule has 2 aromatic carbocycles. The van der Waals surface area contributed by atoms with Gasteiger partial charge in [-0.25, -0.2) is 4.39 Å². The van der Waals surface area contributed by atoms with Gasteiger partial charge in [0, 0.05) is 27.1 Å². The number of allylic oxidation sites excluding steroid dienone is 1. The maximum Gasteiger partial charge on any atom is 0.131 e. The molecule has 0 N–H and O–H groups in total. The van der Waals surface area contributed by atoms with Gasteiger partial charge in [-0.1, -0.05) is 34.1 Å². The molecule has 3 aromatic rings. The zero-order valence-corrected chi connectivity index (χ0v) is 16.4. The van der Waals surface area contributed by atoms with E-state index in [0.717, 1.165) is 32.7 Å². The van der Waals surface area contributed by atoms with E-state index in [4.69, 9.17) is 0 Å². The summed E-state index contributed by atoms with van der Waals surface area (Å²) in [5.41, 5.74) is 5.81. The second-order valence-corrected chi connectivity index (χ2v) is 7.10. The number of hydrogen-bond donors (Lipinski definition) is 0. The van der Waals surface area contributed by atoms with Gasteiger partial charge in [-0.05, 0) is 68.3 Å². The summed E-state index contributed by atoms with van der Waals surface area (Å²) in [6.45, 7) is 6.08. The van der Waals surface area contributed by atoms with Crippen molar-refractivity contribution in [3.05, 3.63) is 86.9 Å². The lowest BCUT2D eigenvalue weighted by atomic mass is 10.0. The summed E-state index contributed by atoms with van der Waals surface area (Å²) < 4.78 is 17.3. The van der Waals surface area contributed by atoms with Gasteiger partial charge in [-0.2, -0.15) is 5.26 Å². The van der Waals surface area contributed by atoms with Gasteiger partial charge in [0.2, 0.25) is 0 Å². The third-order valence-electron chi connectivity index (χ3n) is 4.45. The average molecular weight is 409 g/mol. The van der Waals surface area contributed by atoms with Gasteiger partial charge >= 0.3 is 0 Å². The van der Waals surface area contributed by atoms with Crippen LogP contribution in [0.1, 0.15) is 28.1 Å². The van der Waals surface area contributed by atoms with Crippen molar-refractivity contribution >= 4 is 27.6 Å². The van der Waals surface area contributed by atoms with Crippen LogP contribution < -0.4 is 0 Å². The molecule has 0 unspecified atom stereocenters. The molecule has 1 aromatic heterocycles. The van der Waals surface area contributed by atoms with Gasteiger partial charge in [-0.3, -0.25) is 0 Å². The van der Waals surface area contributed by atoms with Gasteiger partial charge < -0.3 is 4.57 Å². The fourth-order valence-electron chi connectivity index (χ4n) is 3.10. The third-order valence-corrected chi connectivity index (χ3v) is 5.34. The van der Waals surface area contributed by atoms with Crippen LogP contribution in [0, 0.1) is 37.9 Å². The van der Waals surface area contributed by atoms with E-state index < -0.39 is 5.82 Å². The minimum absolute atomic E-state index is 0.315. The fraction of sp³-hybridized carbons (Fsp3) is 0.136. The molecule has 0 saturated carbocycles. The SMILES string of the molecule is Cc1cc(-n2c(C)cc(/C=C(/C#N)c3ccccc3F)c2C)ccc1Br. The Morgan fingerprint density at radius 2 is 1.85 bits per heavy atom. The van der Waals surface area contributed by atoms with Gasteiger partial charge in [-0.15, -0.1) is 0 Å². The van der Waals surface area contributed by atoms with Crippen LogP contribution in [0.2, 0.25) is 0 Å². The van der Waals surface area contributed by atoms with Crippen LogP contribution in [0.25, 0.3) is 17.3 Å². The molecule has 0 spiro atoms. The first-order valence-electron chi connectivity index (χ1n) is 8.24. The van der Waals surface area contributed by atoms with E-state index in [1.54, 1.807) is 24.3 Å². The van der Waals surface area contributed by atoms with Crippen molar-refractivity contribution in [1.29, 1.82) is 5.26 Å². The second-order valence-electron chi connectivity index (χ2n) is 6.25. The molecule has 4 heteroatoms. The van der Waals surface area contributed by atoms with Crippen molar-refractivity contribution in [2.24, 2.45) is 0 Å². The molecule has 0 aliphatic rings. The van der Waals surface area contributed by atoms with E-state index in [-0.39, 0.29) is 0 Å². The summed E-state index contributed by atoms with van der Waals surface area (Å²) in [4.78, 5) is 0. The van der Waals surface area contributed by atoms with E-state index in [9.17, 15) is 9.65 Å². The molecule has 0 atom stereocenters. The molecular weight excluding hydrogens is 391 g/mol.